The molecule has 34 heavy (non-hydrogen) atoms. The lowest BCUT2D eigenvalue weighted by molar-refractivity contribution is -0.125. The summed E-state index contributed by atoms with van der Waals surface area (Å²) < 4.78 is 5.20. The van der Waals surface area contributed by atoms with Crippen molar-refractivity contribution in [1.82, 2.24) is 15.0 Å². The number of imidazole rings is 1. The minimum Gasteiger partial charge on any atom is -0.370 e. The molecule has 4 aromatic rings. The molecule has 2 N–H and O–H groups in total. The first-order chi connectivity index (χ1) is 16.5. The number of amides is 2. The summed E-state index contributed by atoms with van der Waals surface area (Å²) >= 11 is 5.91. The first-order valence-corrected chi connectivity index (χ1v) is 11.2. The second kappa shape index (κ2) is 9.24. The maximum absolute atomic E-state index is 12.7. The van der Waals surface area contributed by atoms with Crippen LogP contribution >= 0.6 is 11.6 Å². The van der Waals surface area contributed by atoms with Gasteiger partial charge < -0.3 is 19.9 Å². The molecule has 0 unspecified atom stereocenters. The molecule has 2 aromatic carbocycles. The Bertz CT molecular complexity index is 1380. The first-order valence-electron chi connectivity index (χ1n) is 10.9. The zero-order valence-corrected chi connectivity index (χ0v) is 19.2. The first kappa shape index (κ1) is 22.1. The van der Waals surface area contributed by atoms with E-state index >= 15 is 0 Å². The summed E-state index contributed by atoms with van der Waals surface area (Å²) in [6.07, 6.45) is 1.78. The van der Waals surface area contributed by atoms with E-state index in [4.69, 9.17) is 16.3 Å². The zero-order chi connectivity index (χ0) is 23.7. The molecule has 8 nitrogen and oxygen atoms in total. The number of aromatic nitrogens is 3. The Morgan fingerprint density at radius 1 is 1.21 bits per heavy atom. The molecule has 0 bridgehead atoms. The molecular weight excluding hydrogens is 454 g/mol. The van der Waals surface area contributed by atoms with E-state index in [1.807, 2.05) is 43.3 Å². The number of morpholine rings is 1. The minimum atomic E-state index is -0.135. The number of anilines is 2. The van der Waals surface area contributed by atoms with E-state index in [9.17, 15) is 9.59 Å². The summed E-state index contributed by atoms with van der Waals surface area (Å²) in [6.45, 7) is 3.06. The van der Waals surface area contributed by atoms with Crippen LogP contribution in [0.4, 0.5) is 11.4 Å². The van der Waals surface area contributed by atoms with Crippen LogP contribution in [0, 0.1) is 6.92 Å². The van der Waals surface area contributed by atoms with E-state index in [-0.39, 0.29) is 24.8 Å². The number of H-pyrrole nitrogens is 1. The second-order valence-corrected chi connectivity index (χ2v) is 8.56. The Morgan fingerprint density at radius 3 is 2.85 bits per heavy atom. The van der Waals surface area contributed by atoms with Crippen molar-refractivity contribution in [2.45, 2.75) is 13.3 Å². The van der Waals surface area contributed by atoms with Gasteiger partial charge in [-0.2, -0.15) is 0 Å². The lowest BCUT2D eigenvalue weighted by Crippen LogP contribution is -2.42. The van der Waals surface area contributed by atoms with E-state index in [0.29, 0.717) is 35.4 Å². The number of rotatable bonds is 5. The van der Waals surface area contributed by atoms with Gasteiger partial charge >= 0.3 is 0 Å². The van der Waals surface area contributed by atoms with Gasteiger partial charge in [-0.05, 0) is 60.5 Å². The number of ether oxygens (including phenoxy) is 1. The predicted octanol–water partition coefficient (Wildman–Crippen LogP) is 4.13. The van der Waals surface area contributed by atoms with Crippen LogP contribution in [-0.4, -0.2) is 46.5 Å². The zero-order valence-electron chi connectivity index (χ0n) is 18.5. The highest BCUT2D eigenvalue weighted by Crippen LogP contribution is 2.25. The van der Waals surface area contributed by atoms with Crippen LogP contribution in [0.2, 0.25) is 5.02 Å². The molecule has 0 spiro atoms. The molecule has 0 atom stereocenters. The van der Waals surface area contributed by atoms with Gasteiger partial charge in [-0.3, -0.25) is 14.6 Å². The molecular formula is C25H22ClN5O3. The Labute approximate surface area is 200 Å². The van der Waals surface area contributed by atoms with Crippen molar-refractivity contribution in [2.75, 3.05) is 30.0 Å². The standard InChI is InChI=1S/C25H22ClN5O3/c1-15-10-18(4-7-22(15)31-8-9-34-14-24(31)33)28-23(32)12-16-2-5-19-21(11-16)30-25(29-19)20-6-3-17(26)13-27-20/h2-7,10-11,13H,8-9,12,14H2,1H3,(H,28,32)(H,29,30). The number of nitrogens with zero attached hydrogens (tertiary/aromatic N) is 3. The third-order valence-electron chi connectivity index (χ3n) is 5.64. The molecule has 1 aliphatic rings. The number of carbonyl (C=O) groups is 2. The second-order valence-electron chi connectivity index (χ2n) is 8.12. The number of halogens is 1. The molecule has 5 rings (SSSR count). The summed E-state index contributed by atoms with van der Waals surface area (Å²) in [5.74, 6) is 0.446. The molecule has 2 amide bonds. The van der Waals surface area contributed by atoms with E-state index in [1.165, 1.54) is 0 Å². The molecule has 1 aliphatic heterocycles. The fourth-order valence-electron chi connectivity index (χ4n) is 4.00. The SMILES string of the molecule is Cc1cc(NC(=O)Cc2ccc3[nH]c(-c4ccc(Cl)cn4)nc3c2)ccc1N1CCOCC1=O. The van der Waals surface area contributed by atoms with Crippen molar-refractivity contribution in [3.63, 3.8) is 0 Å². The molecule has 1 saturated heterocycles. The smallest absolute Gasteiger partial charge is 0.253 e. The highest BCUT2D eigenvalue weighted by molar-refractivity contribution is 6.30. The minimum absolute atomic E-state index is 0.0603. The van der Waals surface area contributed by atoms with Crippen LogP contribution in [0.25, 0.3) is 22.6 Å². The van der Waals surface area contributed by atoms with E-state index in [0.717, 1.165) is 27.8 Å². The molecule has 2 aromatic heterocycles. The van der Waals surface area contributed by atoms with Gasteiger partial charge in [0.2, 0.25) is 5.91 Å². The third kappa shape index (κ3) is 4.64. The van der Waals surface area contributed by atoms with Crippen molar-refractivity contribution in [3.05, 3.63) is 70.9 Å². The summed E-state index contributed by atoms with van der Waals surface area (Å²) in [7, 11) is 0. The van der Waals surface area contributed by atoms with Crippen molar-refractivity contribution >= 4 is 45.8 Å². The summed E-state index contributed by atoms with van der Waals surface area (Å²) in [6, 6.07) is 14.8. The Hall–Kier alpha value is -3.75. The average Bonchev–Trinajstić information content (AvgIpc) is 3.24. The fraction of sp³-hybridized carbons (Fsp3) is 0.200. The molecule has 1 fully saturated rings. The van der Waals surface area contributed by atoms with Crippen LogP contribution in [0.5, 0.6) is 0 Å². The quantitative estimate of drug-likeness (QED) is 0.452. The number of hydrogen-bond acceptors (Lipinski definition) is 5. The summed E-state index contributed by atoms with van der Waals surface area (Å²) in [5, 5.41) is 3.50. The number of nitrogens with one attached hydrogen (secondary N) is 2. The van der Waals surface area contributed by atoms with Gasteiger partial charge in [-0.25, -0.2) is 4.98 Å². The number of hydrogen-bond donors (Lipinski definition) is 2. The van der Waals surface area contributed by atoms with E-state index in [1.54, 1.807) is 23.2 Å². The molecule has 0 saturated carbocycles. The third-order valence-corrected chi connectivity index (χ3v) is 5.86. The van der Waals surface area contributed by atoms with Gasteiger partial charge in [0.15, 0.2) is 5.82 Å². The normalized spacial score (nSPS) is 13.9. The Balaban J connectivity index is 1.27. The summed E-state index contributed by atoms with van der Waals surface area (Å²) in [4.78, 5) is 38.7. The van der Waals surface area contributed by atoms with Gasteiger partial charge in [0, 0.05) is 24.1 Å². The van der Waals surface area contributed by atoms with Gasteiger partial charge in [-0.15, -0.1) is 0 Å². The Kier molecular flexibility index (Phi) is 6.00. The van der Waals surface area contributed by atoms with Crippen LogP contribution in [0.15, 0.2) is 54.7 Å². The fourth-order valence-corrected chi connectivity index (χ4v) is 4.11. The number of fused-ring (bicyclic) bond motifs is 1. The number of benzene rings is 2. The van der Waals surface area contributed by atoms with Crippen molar-refractivity contribution in [1.29, 1.82) is 0 Å². The highest BCUT2D eigenvalue weighted by atomic mass is 35.5. The van der Waals surface area contributed by atoms with Crippen LogP contribution in [0.3, 0.4) is 0 Å². The van der Waals surface area contributed by atoms with E-state index < -0.39 is 0 Å². The van der Waals surface area contributed by atoms with E-state index in [2.05, 4.69) is 20.3 Å². The molecule has 0 radical (unpaired) electrons. The van der Waals surface area contributed by atoms with Crippen molar-refractivity contribution in [3.8, 4) is 11.5 Å². The maximum Gasteiger partial charge on any atom is 0.253 e. The van der Waals surface area contributed by atoms with Gasteiger partial charge in [0.1, 0.15) is 12.3 Å². The topological polar surface area (TPSA) is 100 Å². The van der Waals surface area contributed by atoms with Gasteiger partial charge in [-0.1, -0.05) is 17.7 Å². The lowest BCUT2D eigenvalue weighted by Gasteiger charge is -2.28. The largest absolute Gasteiger partial charge is 0.370 e. The van der Waals surface area contributed by atoms with Gasteiger partial charge in [0.05, 0.1) is 29.1 Å². The molecule has 9 heteroatoms. The maximum atomic E-state index is 12.7. The monoisotopic (exact) mass is 475 g/mol. The molecule has 172 valence electrons. The van der Waals surface area contributed by atoms with Crippen LogP contribution in [-0.2, 0) is 20.7 Å². The van der Waals surface area contributed by atoms with Crippen LogP contribution in [0.1, 0.15) is 11.1 Å². The lowest BCUT2D eigenvalue weighted by atomic mass is 10.1. The predicted molar refractivity (Wildman–Crippen MR) is 131 cm³/mol. The average molecular weight is 476 g/mol. The van der Waals surface area contributed by atoms with Crippen LogP contribution < -0.4 is 10.2 Å². The van der Waals surface area contributed by atoms with Crippen molar-refractivity contribution < 1.29 is 14.3 Å². The number of aryl methyl sites for hydroxylation is 1. The number of carbonyl (C=O) groups excluding carboxylic acids is 2. The Morgan fingerprint density at radius 2 is 2.09 bits per heavy atom. The number of aromatic amines is 1. The molecule has 3 heterocycles. The summed E-state index contributed by atoms with van der Waals surface area (Å²) in [5.41, 5.74) is 5.59. The molecule has 0 aliphatic carbocycles. The number of pyridine rings is 1. The van der Waals surface area contributed by atoms with Crippen molar-refractivity contribution in [2.24, 2.45) is 0 Å². The highest BCUT2D eigenvalue weighted by Gasteiger charge is 2.21. The van der Waals surface area contributed by atoms with Gasteiger partial charge in [0.25, 0.3) is 5.91 Å².